The van der Waals surface area contributed by atoms with Crippen LogP contribution in [0.15, 0.2) is 0 Å². The van der Waals surface area contributed by atoms with Gasteiger partial charge in [-0.05, 0) is 19.3 Å². The lowest BCUT2D eigenvalue weighted by atomic mass is 10.2. The van der Waals surface area contributed by atoms with E-state index in [1.165, 1.54) is 43.6 Å². The maximum Gasteiger partial charge on any atom is 0.0621 e. The minimum absolute atomic E-state index is 0.730. The van der Waals surface area contributed by atoms with E-state index in [0.717, 1.165) is 12.8 Å². The van der Waals surface area contributed by atoms with Gasteiger partial charge in [-0.1, -0.05) is 47.8 Å². The highest BCUT2D eigenvalue weighted by molar-refractivity contribution is 8.76. The third-order valence-electron chi connectivity index (χ3n) is 1.93. The molecule has 0 aliphatic carbocycles. The van der Waals surface area contributed by atoms with Crippen molar-refractivity contribution in [1.29, 1.82) is 5.26 Å². The van der Waals surface area contributed by atoms with Crippen LogP contribution in [0, 0.1) is 11.3 Å². The van der Waals surface area contributed by atoms with Crippen LogP contribution in [0.25, 0.3) is 0 Å². The second kappa shape index (κ2) is 13.2. The predicted molar refractivity (Wildman–Crippen MR) is 68.5 cm³/mol. The summed E-state index contributed by atoms with van der Waals surface area (Å²) >= 11 is 0. The first-order chi connectivity index (χ1) is 6.91. The van der Waals surface area contributed by atoms with E-state index in [1.807, 2.05) is 21.6 Å². The van der Waals surface area contributed by atoms with Gasteiger partial charge >= 0.3 is 0 Å². The molecule has 0 heterocycles. The van der Waals surface area contributed by atoms with Crippen LogP contribution in [0.5, 0.6) is 0 Å². The highest BCUT2D eigenvalue weighted by atomic mass is 33.1. The quantitative estimate of drug-likeness (QED) is 0.404. The molecule has 0 N–H and O–H groups in total. The molecule has 0 aromatic heterocycles. The van der Waals surface area contributed by atoms with Gasteiger partial charge in [-0.3, -0.25) is 0 Å². The summed E-state index contributed by atoms with van der Waals surface area (Å²) in [5.41, 5.74) is 0. The second-order valence-electron chi connectivity index (χ2n) is 3.32. The molecule has 0 saturated heterocycles. The molecule has 0 saturated carbocycles. The predicted octanol–water partition coefficient (Wildman–Crippen LogP) is 4.64. The van der Waals surface area contributed by atoms with Gasteiger partial charge < -0.3 is 0 Å². The van der Waals surface area contributed by atoms with Gasteiger partial charge in [-0.15, -0.1) is 0 Å². The zero-order valence-corrected chi connectivity index (χ0v) is 10.8. The van der Waals surface area contributed by atoms with Gasteiger partial charge in [0.05, 0.1) is 6.07 Å². The van der Waals surface area contributed by atoms with E-state index in [-0.39, 0.29) is 0 Å². The van der Waals surface area contributed by atoms with Crippen LogP contribution in [0.2, 0.25) is 0 Å². The standard InChI is InChI=1S/C11H21NS2/c1-2-3-7-10-13-14-11-8-5-4-6-9-12/h2-8,10-11H2,1H3. The SMILES string of the molecule is CCCCCSSCCCCCC#N. The summed E-state index contributed by atoms with van der Waals surface area (Å²) in [7, 11) is 4.00. The molecule has 14 heavy (non-hydrogen) atoms. The average Bonchev–Trinajstić information content (AvgIpc) is 2.21. The third-order valence-corrected chi connectivity index (χ3v) is 4.51. The van der Waals surface area contributed by atoms with Crippen LogP contribution < -0.4 is 0 Å². The minimum atomic E-state index is 0.730. The Morgan fingerprint density at radius 2 is 1.57 bits per heavy atom. The zero-order chi connectivity index (χ0) is 10.5. The molecule has 0 aliphatic heterocycles. The van der Waals surface area contributed by atoms with Crippen molar-refractivity contribution in [2.75, 3.05) is 11.5 Å². The van der Waals surface area contributed by atoms with Crippen LogP contribution in [-0.4, -0.2) is 11.5 Å². The number of nitrogens with zero attached hydrogens (tertiary/aromatic N) is 1. The second-order valence-corrected chi connectivity index (χ2v) is 6.02. The molecule has 0 fully saturated rings. The Kier molecular flexibility index (Phi) is 13.4. The lowest BCUT2D eigenvalue weighted by molar-refractivity contribution is 0.740. The molecule has 0 unspecified atom stereocenters. The monoisotopic (exact) mass is 231 g/mol. The first kappa shape index (κ1) is 14.2. The Morgan fingerprint density at radius 3 is 2.14 bits per heavy atom. The Bertz CT molecular complexity index is 143. The van der Waals surface area contributed by atoms with Gasteiger partial charge in [-0.2, -0.15) is 5.26 Å². The van der Waals surface area contributed by atoms with Crippen molar-refractivity contribution >= 4 is 21.6 Å². The van der Waals surface area contributed by atoms with Crippen LogP contribution in [-0.2, 0) is 0 Å². The largest absolute Gasteiger partial charge is 0.198 e. The first-order valence-electron chi connectivity index (χ1n) is 5.53. The molecule has 0 aromatic carbocycles. The summed E-state index contributed by atoms with van der Waals surface area (Å²) in [6.07, 6.45) is 8.35. The molecule has 0 atom stereocenters. The first-order valence-corrected chi connectivity index (χ1v) is 8.02. The van der Waals surface area contributed by atoms with E-state index in [1.54, 1.807) is 0 Å². The van der Waals surface area contributed by atoms with Crippen molar-refractivity contribution in [3.05, 3.63) is 0 Å². The van der Waals surface area contributed by atoms with Crippen LogP contribution in [0.3, 0.4) is 0 Å². The molecule has 3 heteroatoms. The normalized spacial score (nSPS) is 10.0. The van der Waals surface area contributed by atoms with E-state index in [4.69, 9.17) is 5.26 Å². The molecule has 0 amide bonds. The lowest BCUT2D eigenvalue weighted by Gasteiger charge is -2.00. The fraction of sp³-hybridized carbons (Fsp3) is 0.909. The topological polar surface area (TPSA) is 23.8 Å². The maximum absolute atomic E-state index is 8.33. The maximum atomic E-state index is 8.33. The van der Waals surface area contributed by atoms with E-state index in [0.29, 0.717) is 0 Å². The number of hydrogen-bond donors (Lipinski definition) is 0. The van der Waals surface area contributed by atoms with Crippen molar-refractivity contribution in [2.45, 2.75) is 51.9 Å². The summed E-state index contributed by atoms with van der Waals surface area (Å²) in [6.45, 7) is 2.24. The highest BCUT2D eigenvalue weighted by Gasteiger charge is 1.92. The van der Waals surface area contributed by atoms with Gasteiger partial charge in [0.1, 0.15) is 0 Å². The Hall–Kier alpha value is 0.190. The molecule has 0 aliphatic rings. The Balaban J connectivity index is 2.82. The molecule has 0 rings (SSSR count). The summed E-state index contributed by atoms with van der Waals surface area (Å²) in [5, 5.41) is 8.33. The average molecular weight is 231 g/mol. The van der Waals surface area contributed by atoms with Crippen LogP contribution in [0.4, 0.5) is 0 Å². The fourth-order valence-electron chi connectivity index (χ4n) is 1.07. The smallest absolute Gasteiger partial charge is 0.0621 e. The number of unbranched alkanes of at least 4 members (excludes halogenated alkanes) is 5. The van der Waals surface area contributed by atoms with E-state index < -0.39 is 0 Å². The van der Waals surface area contributed by atoms with Gasteiger partial charge in [0.15, 0.2) is 0 Å². The van der Waals surface area contributed by atoms with Crippen molar-refractivity contribution in [3.63, 3.8) is 0 Å². The van der Waals surface area contributed by atoms with Crippen molar-refractivity contribution < 1.29 is 0 Å². The van der Waals surface area contributed by atoms with Crippen LogP contribution >= 0.6 is 21.6 Å². The molecular weight excluding hydrogens is 210 g/mol. The summed E-state index contributed by atoms with van der Waals surface area (Å²) < 4.78 is 0. The molecular formula is C11H21NS2. The number of hydrogen-bond acceptors (Lipinski definition) is 3. The zero-order valence-electron chi connectivity index (χ0n) is 9.13. The summed E-state index contributed by atoms with van der Waals surface area (Å²) in [6, 6.07) is 2.18. The lowest BCUT2D eigenvalue weighted by Crippen LogP contribution is -1.80. The van der Waals surface area contributed by atoms with Gasteiger partial charge in [0, 0.05) is 17.9 Å². The molecule has 1 nitrogen and oxygen atoms in total. The number of rotatable bonds is 10. The van der Waals surface area contributed by atoms with Crippen molar-refractivity contribution in [1.82, 2.24) is 0 Å². The molecule has 0 bridgehead atoms. The van der Waals surface area contributed by atoms with Gasteiger partial charge in [-0.25, -0.2) is 0 Å². The molecule has 82 valence electrons. The van der Waals surface area contributed by atoms with Gasteiger partial charge in [0.25, 0.3) is 0 Å². The third kappa shape index (κ3) is 12.2. The molecule has 0 radical (unpaired) electrons. The molecule has 0 aromatic rings. The van der Waals surface area contributed by atoms with Gasteiger partial charge in [0.2, 0.25) is 0 Å². The molecule has 0 spiro atoms. The van der Waals surface area contributed by atoms with E-state index >= 15 is 0 Å². The number of nitriles is 1. The Labute approximate surface area is 96.4 Å². The van der Waals surface area contributed by atoms with Crippen molar-refractivity contribution in [3.8, 4) is 6.07 Å². The summed E-state index contributed by atoms with van der Waals surface area (Å²) in [4.78, 5) is 0. The van der Waals surface area contributed by atoms with E-state index in [2.05, 4.69) is 13.0 Å². The van der Waals surface area contributed by atoms with Crippen LogP contribution in [0.1, 0.15) is 51.9 Å². The minimum Gasteiger partial charge on any atom is -0.198 e. The fourth-order valence-corrected chi connectivity index (χ4v) is 3.36. The highest BCUT2D eigenvalue weighted by Crippen LogP contribution is 2.24. The summed E-state index contributed by atoms with van der Waals surface area (Å²) in [5.74, 6) is 2.55. The Morgan fingerprint density at radius 1 is 0.929 bits per heavy atom. The van der Waals surface area contributed by atoms with E-state index in [9.17, 15) is 0 Å². The van der Waals surface area contributed by atoms with Crippen molar-refractivity contribution in [2.24, 2.45) is 0 Å².